The van der Waals surface area contributed by atoms with E-state index in [1.165, 1.54) is 27.2 Å². The maximum absolute atomic E-state index is 13.6. The molecular weight excluding hydrogens is 506 g/mol. The second kappa shape index (κ2) is 9.61. The first-order valence-electron chi connectivity index (χ1n) is 12.1. The third-order valence-corrected chi connectivity index (χ3v) is 7.53. The number of hydrogen-bond donors (Lipinski definition) is 3. The Bertz CT molecular complexity index is 1550. The number of aryl methyl sites for hydroxylation is 1. The number of benzene rings is 2. The van der Waals surface area contributed by atoms with E-state index in [2.05, 4.69) is 5.32 Å². The van der Waals surface area contributed by atoms with Crippen molar-refractivity contribution in [1.82, 2.24) is 5.32 Å². The molecule has 3 N–H and O–H groups in total. The molecule has 0 radical (unpaired) electrons. The van der Waals surface area contributed by atoms with Crippen LogP contribution in [0.25, 0.3) is 0 Å². The van der Waals surface area contributed by atoms with Gasteiger partial charge in [-0.3, -0.25) is 14.4 Å². The zero-order chi connectivity index (χ0) is 29.0. The van der Waals surface area contributed by atoms with Crippen LogP contribution in [0.1, 0.15) is 62.4 Å². The first-order chi connectivity index (χ1) is 18.3. The lowest BCUT2D eigenvalue weighted by Gasteiger charge is -2.27. The van der Waals surface area contributed by atoms with E-state index in [0.29, 0.717) is 11.1 Å². The maximum atomic E-state index is 13.6. The van der Waals surface area contributed by atoms with E-state index in [1.807, 2.05) is 13.8 Å². The molecule has 0 aromatic heterocycles. The average Bonchev–Trinajstić information content (AvgIpc) is 3.18. The Hall–Kier alpha value is -4.60. The summed E-state index contributed by atoms with van der Waals surface area (Å²) in [6.07, 6.45) is 1.14. The molecule has 0 spiro atoms. The van der Waals surface area contributed by atoms with Crippen LogP contribution in [0.15, 0.2) is 35.3 Å². The zero-order valence-electron chi connectivity index (χ0n) is 22.7. The number of carbonyl (C=O) groups is 4. The van der Waals surface area contributed by atoms with E-state index >= 15 is 0 Å². The molecule has 1 amide bonds. The van der Waals surface area contributed by atoms with Gasteiger partial charge >= 0.3 is 5.97 Å². The van der Waals surface area contributed by atoms with Gasteiger partial charge in [0.25, 0.3) is 5.91 Å². The number of hydrogen-bond acceptors (Lipinski definition) is 9. The fourth-order valence-electron chi connectivity index (χ4n) is 5.18. The number of carbonyl (C=O) groups excluding carboxylic acids is 4. The molecule has 2 aliphatic rings. The van der Waals surface area contributed by atoms with Crippen molar-refractivity contribution >= 4 is 23.4 Å². The molecule has 10 heteroatoms. The molecule has 0 fully saturated rings. The summed E-state index contributed by atoms with van der Waals surface area (Å²) in [6.45, 7) is 8.12. The summed E-state index contributed by atoms with van der Waals surface area (Å²) in [6, 6.07) is 2.93. The van der Waals surface area contributed by atoms with Gasteiger partial charge in [0.15, 0.2) is 17.3 Å². The van der Waals surface area contributed by atoms with Gasteiger partial charge in [0.2, 0.25) is 0 Å². The van der Waals surface area contributed by atoms with E-state index in [0.717, 1.165) is 29.7 Å². The number of aromatic hydroxyl groups is 1. The van der Waals surface area contributed by atoms with Gasteiger partial charge in [-0.2, -0.15) is 0 Å². The molecule has 2 aromatic rings. The van der Waals surface area contributed by atoms with Gasteiger partial charge in [-0.05, 0) is 62.9 Å². The second-order valence-electron chi connectivity index (χ2n) is 9.70. The summed E-state index contributed by atoms with van der Waals surface area (Å²) in [4.78, 5) is 51.4. The lowest BCUT2D eigenvalue weighted by Crippen LogP contribution is -2.38. The molecule has 1 atom stereocenters. The number of amides is 1. The second-order valence-corrected chi connectivity index (χ2v) is 9.70. The minimum Gasteiger partial charge on any atom is -0.507 e. The van der Waals surface area contributed by atoms with Gasteiger partial charge in [0, 0.05) is 18.7 Å². The molecule has 10 nitrogen and oxygen atoms in total. The number of ketones is 2. The zero-order valence-corrected chi connectivity index (χ0v) is 22.7. The van der Waals surface area contributed by atoms with Gasteiger partial charge in [-0.15, -0.1) is 0 Å². The van der Waals surface area contributed by atoms with E-state index < -0.39 is 40.2 Å². The fourth-order valence-corrected chi connectivity index (χ4v) is 5.18. The Morgan fingerprint density at radius 2 is 1.74 bits per heavy atom. The highest BCUT2D eigenvalue weighted by Gasteiger charge is 2.55. The molecule has 2 aromatic carbocycles. The molecule has 204 valence electrons. The van der Waals surface area contributed by atoms with Crippen LogP contribution in [-0.2, 0) is 26.3 Å². The molecule has 1 aliphatic heterocycles. The maximum Gasteiger partial charge on any atom is 0.338 e. The van der Waals surface area contributed by atoms with E-state index in [9.17, 15) is 29.4 Å². The minimum absolute atomic E-state index is 0.0176. The van der Waals surface area contributed by atoms with E-state index in [1.54, 1.807) is 13.0 Å². The summed E-state index contributed by atoms with van der Waals surface area (Å²) in [7, 11) is 2.60. The molecule has 0 unspecified atom stereocenters. The van der Waals surface area contributed by atoms with Crippen molar-refractivity contribution in [2.24, 2.45) is 0 Å². The van der Waals surface area contributed by atoms with Crippen molar-refractivity contribution in [3.8, 4) is 17.2 Å². The van der Waals surface area contributed by atoms with Gasteiger partial charge < -0.3 is 29.7 Å². The summed E-state index contributed by atoms with van der Waals surface area (Å²) in [5, 5.41) is 24.1. The molecule has 39 heavy (non-hydrogen) atoms. The molecule has 0 saturated heterocycles. The summed E-state index contributed by atoms with van der Waals surface area (Å²) >= 11 is 0. The van der Waals surface area contributed by atoms with Gasteiger partial charge in [-0.25, -0.2) is 4.79 Å². The summed E-state index contributed by atoms with van der Waals surface area (Å²) < 4.78 is 16.2. The predicted molar refractivity (Wildman–Crippen MR) is 139 cm³/mol. The van der Waals surface area contributed by atoms with Crippen LogP contribution < -0.4 is 14.8 Å². The Kier molecular flexibility index (Phi) is 6.76. The van der Waals surface area contributed by atoms with Crippen LogP contribution in [0.2, 0.25) is 0 Å². The van der Waals surface area contributed by atoms with E-state index in [4.69, 9.17) is 14.2 Å². The lowest BCUT2D eigenvalue weighted by molar-refractivity contribution is -0.123. The van der Waals surface area contributed by atoms with Crippen LogP contribution >= 0.6 is 0 Å². The van der Waals surface area contributed by atoms with Crippen molar-refractivity contribution in [3.05, 3.63) is 74.2 Å². The quantitative estimate of drug-likeness (QED) is 0.373. The van der Waals surface area contributed by atoms with Gasteiger partial charge in [0.05, 0.1) is 25.3 Å². The van der Waals surface area contributed by atoms with Crippen LogP contribution in [0.4, 0.5) is 0 Å². The minimum atomic E-state index is -1.66. The monoisotopic (exact) mass is 535 g/mol. The number of esters is 1. The molecule has 0 bridgehead atoms. The van der Waals surface area contributed by atoms with Gasteiger partial charge in [0.1, 0.15) is 39.6 Å². The number of methoxy groups -OCH3 is 2. The summed E-state index contributed by atoms with van der Waals surface area (Å²) in [5.74, 6) is -3.68. The van der Waals surface area contributed by atoms with E-state index in [-0.39, 0.29) is 40.7 Å². The molecule has 1 heterocycles. The SMILES string of the molecule is COC(=O)c1cc(C)c(C)c(CNC(=O)c2c(OC)cc(O)c3c2OC2=CC(O)=C(C(C)=O)C(=O)[C@]23C)c1C. The number of nitrogens with one attached hydrogen (secondary N) is 1. The van der Waals surface area contributed by atoms with Gasteiger partial charge in [-0.1, -0.05) is 0 Å². The topological polar surface area (TPSA) is 148 Å². The lowest BCUT2D eigenvalue weighted by atomic mass is 9.71. The fraction of sp³-hybridized carbons (Fsp3) is 0.310. The van der Waals surface area contributed by atoms with Crippen LogP contribution in [0.5, 0.6) is 17.2 Å². The smallest absolute Gasteiger partial charge is 0.338 e. The number of ether oxygens (including phenoxy) is 3. The number of Topliss-reactive ketones (excluding diaryl/α,β-unsaturated/α-hetero) is 2. The largest absolute Gasteiger partial charge is 0.507 e. The Morgan fingerprint density at radius 3 is 2.33 bits per heavy atom. The third kappa shape index (κ3) is 4.03. The molecule has 0 saturated carbocycles. The average molecular weight is 536 g/mol. The van der Waals surface area contributed by atoms with Crippen molar-refractivity contribution in [2.45, 2.75) is 46.6 Å². The van der Waals surface area contributed by atoms with Crippen molar-refractivity contribution in [2.75, 3.05) is 14.2 Å². The Morgan fingerprint density at radius 1 is 1.08 bits per heavy atom. The number of fused-ring (bicyclic) bond motifs is 3. The normalized spacial score (nSPS) is 17.6. The highest BCUT2D eigenvalue weighted by atomic mass is 16.5. The standard InChI is InChI=1S/C29H29NO9/c1-12-8-16(28(36)38-7)14(3)17(13(12)2)11-30-27(35)23-20(37-6)9-19(33)24-25(23)39-21-10-18(32)22(15(4)31)26(34)29(21,24)5/h8-10,32-33H,11H2,1-7H3,(H,30,35)/t29-/m1/s1. The number of aliphatic hydroxyl groups is 1. The van der Waals surface area contributed by atoms with Crippen LogP contribution in [0, 0.1) is 20.8 Å². The molecular formula is C29H29NO9. The Balaban J connectivity index is 1.80. The van der Waals surface area contributed by atoms with Crippen molar-refractivity contribution < 1.29 is 43.6 Å². The first kappa shape index (κ1) is 27.4. The number of aliphatic hydroxyl groups excluding tert-OH is 1. The van der Waals surface area contributed by atoms with Crippen molar-refractivity contribution in [3.63, 3.8) is 0 Å². The highest BCUT2D eigenvalue weighted by molar-refractivity contribution is 6.25. The summed E-state index contributed by atoms with van der Waals surface area (Å²) in [5.41, 5.74) is 1.28. The molecule has 4 rings (SSSR count). The number of rotatable bonds is 6. The Labute approximate surface area is 224 Å². The first-order valence-corrected chi connectivity index (χ1v) is 12.1. The molecule has 1 aliphatic carbocycles. The number of allylic oxidation sites excluding steroid dienone is 3. The number of phenols is 1. The predicted octanol–water partition coefficient (Wildman–Crippen LogP) is 3.56. The van der Waals surface area contributed by atoms with Crippen LogP contribution in [0.3, 0.4) is 0 Å². The number of phenolic OH excluding ortho intramolecular Hbond substituents is 1. The highest BCUT2D eigenvalue weighted by Crippen LogP contribution is 2.56. The van der Waals surface area contributed by atoms with Crippen molar-refractivity contribution in [1.29, 1.82) is 0 Å². The third-order valence-electron chi connectivity index (χ3n) is 7.53. The van der Waals surface area contributed by atoms with Crippen LogP contribution in [-0.4, -0.2) is 47.9 Å².